The van der Waals surface area contributed by atoms with Gasteiger partial charge >= 0.3 is 5.97 Å². The molecule has 1 N–H and O–H groups in total. The van der Waals surface area contributed by atoms with Gasteiger partial charge in [-0.3, -0.25) is 0 Å². The van der Waals surface area contributed by atoms with E-state index >= 15 is 0 Å². The highest BCUT2D eigenvalue weighted by molar-refractivity contribution is 7.14. The molecule has 18 heavy (non-hydrogen) atoms. The molecule has 0 bridgehead atoms. The number of anilines is 1. The number of esters is 1. The van der Waals surface area contributed by atoms with Crippen molar-refractivity contribution < 1.29 is 14.3 Å². The lowest BCUT2D eigenvalue weighted by molar-refractivity contribution is 0.0521. The fraction of sp³-hybridized carbons (Fsp3) is 0.667. The number of carbonyl (C=O) groups is 1. The van der Waals surface area contributed by atoms with Gasteiger partial charge in [-0.2, -0.15) is 0 Å². The Labute approximate surface area is 111 Å². The van der Waals surface area contributed by atoms with Crippen LogP contribution in [0.15, 0.2) is 5.51 Å². The highest BCUT2D eigenvalue weighted by atomic mass is 32.1. The summed E-state index contributed by atoms with van der Waals surface area (Å²) in [6, 6.07) is 0. The lowest BCUT2D eigenvalue weighted by Crippen LogP contribution is -2.12. The standard InChI is InChI=1S/C12H18N2O3S/c1-2-17-12(15)10-11(18-8-14-10)13-5-3-9-4-6-16-7-9/h8-9,13H,2-7H2,1H3. The van der Waals surface area contributed by atoms with Crippen molar-refractivity contribution >= 4 is 22.3 Å². The quantitative estimate of drug-likeness (QED) is 0.803. The largest absolute Gasteiger partial charge is 0.461 e. The lowest BCUT2D eigenvalue weighted by atomic mass is 10.1. The maximum atomic E-state index is 11.6. The molecule has 0 spiro atoms. The van der Waals surface area contributed by atoms with Gasteiger partial charge in [-0.25, -0.2) is 9.78 Å². The van der Waals surface area contributed by atoms with E-state index in [-0.39, 0.29) is 5.97 Å². The molecule has 1 fully saturated rings. The van der Waals surface area contributed by atoms with Crippen LogP contribution in [0.5, 0.6) is 0 Å². The molecule has 0 amide bonds. The first-order chi connectivity index (χ1) is 8.81. The summed E-state index contributed by atoms with van der Waals surface area (Å²) >= 11 is 1.43. The van der Waals surface area contributed by atoms with Gasteiger partial charge in [-0.15, -0.1) is 11.3 Å². The van der Waals surface area contributed by atoms with E-state index in [9.17, 15) is 4.79 Å². The van der Waals surface area contributed by atoms with Gasteiger partial charge in [0.25, 0.3) is 0 Å². The second-order valence-corrected chi connectivity index (χ2v) is 5.05. The van der Waals surface area contributed by atoms with E-state index < -0.39 is 0 Å². The van der Waals surface area contributed by atoms with E-state index in [4.69, 9.17) is 9.47 Å². The van der Waals surface area contributed by atoms with Crippen molar-refractivity contribution in [1.82, 2.24) is 4.98 Å². The van der Waals surface area contributed by atoms with E-state index in [1.807, 2.05) is 0 Å². The Bertz CT molecular complexity index is 388. The van der Waals surface area contributed by atoms with Crippen LogP contribution in [0.4, 0.5) is 5.00 Å². The molecule has 0 saturated carbocycles. The third-order valence-electron chi connectivity index (χ3n) is 2.90. The zero-order chi connectivity index (χ0) is 12.8. The molecule has 1 unspecified atom stereocenters. The van der Waals surface area contributed by atoms with Crippen LogP contribution in [0.3, 0.4) is 0 Å². The molecular weight excluding hydrogens is 252 g/mol. The van der Waals surface area contributed by atoms with Gasteiger partial charge in [-0.05, 0) is 25.7 Å². The Hall–Kier alpha value is -1.14. The predicted molar refractivity (Wildman–Crippen MR) is 70.1 cm³/mol. The van der Waals surface area contributed by atoms with Crippen molar-refractivity contribution in [3.63, 3.8) is 0 Å². The smallest absolute Gasteiger partial charge is 0.360 e. The third-order valence-corrected chi connectivity index (χ3v) is 3.68. The first-order valence-electron chi connectivity index (χ1n) is 6.23. The Morgan fingerprint density at radius 1 is 1.72 bits per heavy atom. The van der Waals surface area contributed by atoms with Crippen molar-refractivity contribution in [2.24, 2.45) is 5.92 Å². The van der Waals surface area contributed by atoms with E-state index in [2.05, 4.69) is 10.3 Å². The number of nitrogens with one attached hydrogen (secondary N) is 1. The molecule has 1 aliphatic heterocycles. The molecule has 0 aliphatic carbocycles. The highest BCUT2D eigenvalue weighted by Gasteiger charge is 2.18. The van der Waals surface area contributed by atoms with Gasteiger partial charge in [-0.1, -0.05) is 0 Å². The SMILES string of the molecule is CCOC(=O)c1ncsc1NCCC1CCOC1. The molecule has 1 aromatic heterocycles. The van der Waals surface area contributed by atoms with Gasteiger partial charge in [0.1, 0.15) is 5.00 Å². The normalized spacial score (nSPS) is 18.8. The topological polar surface area (TPSA) is 60.5 Å². The summed E-state index contributed by atoms with van der Waals surface area (Å²) in [4.78, 5) is 15.6. The van der Waals surface area contributed by atoms with Crippen LogP contribution in [0, 0.1) is 5.92 Å². The number of hydrogen-bond donors (Lipinski definition) is 1. The summed E-state index contributed by atoms with van der Waals surface area (Å²) in [6.45, 7) is 4.73. The summed E-state index contributed by atoms with van der Waals surface area (Å²) in [7, 11) is 0. The van der Waals surface area contributed by atoms with Gasteiger partial charge in [0.05, 0.1) is 12.1 Å². The lowest BCUT2D eigenvalue weighted by Gasteiger charge is -2.09. The van der Waals surface area contributed by atoms with Crippen LogP contribution < -0.4 is 5.32 Å². The second kappa shape index (κ2) is 6.70. The zero-order valence-electron chi connectivity index (χ0n) is 10.5. The molecule has 6 heteroatoms. The molecule has 1 saturated heterocycles. The molecule has 1 aliphatic rings. The van der Waals surface area contributed by atoms with Gasteiger partial charge in [0.15, 0.2) is 5.69 Å². The molecule has 0 aromatic carbocycles. The molecule has 1 aromatic rings. The number of rotatable bonds is 6. The summed E-state index contributed by atoms with van der Waals surface area (Å²) in [6.07, 6.45) is 2.19. The van der Waals surface area contributed by atoms with Gasteiger partial charge in [0, 0.05) is 19.8 Å². The Balaban J connectivity index is 1.81. The number of nitrogens with zero attached hydrogens (tertiary/aromatic N) is 1. The minimum atomic E-state index is -0.356. The van der Waals surface area contributed by atoms with Gasteiger partial charge in [0.2, 0.25) is 0 Å². The Morgan fingerprint density at radius 2 is 2.61 bits per heavy atom. The summed E-state index contributed by atoms with van der Waals surface area (Å²) in [5.41, 5.74) is 2.05. The maximum Gasteiger partial charge on any atom is 0.360 e. The minimum Gasteiger partial charge on any atom is -0.461 e. The minimum absolute atomic E-state index is 0.356. The summed E-state index contributed by atoms with van der Waals surface area (Å²) in [5.74, 6) is 0.280. The third kappa shape index (κ3) is 3.43. The van der Waals surface area contributed by atoms with Crippen molar-refractivity contribution in [3.05, 3.63) is 11.2 Å². The highest BCUT2D eigenvalue weighted by Crippen LogP contribution is 2.22. The number of thiazole rings is 1. The van der Waals surface area contributed by atoms with E-state index in [1.165, 1.54) is 11.3 Å². The van der Waals surface area contributed by atoms with Crippen LogP contribution in [-0.4, -0.2) is 37.3 Å². The van der Waals surface area contributed by atoms with Gasteiger partial charge < -0.3 is 14.8 Å². The molecule has 0 radical (unpaired) electrons. The first-order valence-corrected chi connectivity index (χ1v) is 7.11. The first kappa shape index (κ1) is 13.3. The number of aromatic nitrogens is 1. The van der Waals surface area contributed by atoms with Crippen molar-refractivity contribution in [3.8, 4) is 0 Å². The average molecular weight is 270 g/mol. The van der Waals surface area contributed by atoms with E-state index in [0.29, 0.717) is 18.2 Å². The summed E-state index contributed by atoms with van der Waals surface area (Å²) in [5, 5.41) is 4.06. The van der Waals surface area contributed by atoms with E-state index in [0.717, 1.165) is 37.6 Å². The molecule has 2 heterocycles. The molecule has 2 rings (SSSR count). The zero-order valence-corrected chi connectivity index (χ0v) is 11.3. The monoisotopic (exact) mass is 270 g/mol. The van der Waals surface area contributed by atoms with E-state index in [1.54, 1.807) is 12.4 Å². The van der Waals surface area contributed by atoms with Crippen molar-refractivity contribution in [2.75, 3.05) is 31.7 Å². The van der Waals surface area contributed by atoms with Crippen LogP contribution in [-0.2, 0) is 9.47 Å². The maximum absolute atomic E-state index is 11.6. The van der Waals surface area contributed by atoms with Crippen molar-refractivity contribution in [1.29, 1.82) is 0 Å². The second-order valence-electron chi connectivity index (χ2n) is 4.20. The molecule has 1 atom stereocenters. The van der Waals surface area contributed by atoms with Crippen LogP contribution in [0.1, 0.15) is 30.3 Å². The molecular formula is C12H18N2O3S. The number of hydrogen-bond acceptors (Lipinski definition) is 6. The fourth-order valence-electron chi connectivity index (χ4n) is 1.92. The molecule has 5 nitrogen and oxygen atoms in total. The number of carbonyl (C=O) groups excluding carboxylic acids is 1. The van der Waals surface area contributed by atoms with Crippen molar-refractivity contribution in [2.45, 2.75) is 19.8 Å². The van der Waals surface area contributed by atoms with Crippen LogP contribution in [0.25, 0.3) is 0 Å². The number of ether oxygens (including phenoxy) is 2. The summed E-state index contributed by atoms with van der Waals surface area (Å²) < 4.78 is 10.3. The molecule has 100 valence electrons. The van der Waals surface area contributed by atoms with Crippen LogP contribution >= 0.6 is 11.3 Å². The Kier molecular flexibility index (Phi) is 4.95. The van der Waals surface area contributed by atoms with Crippen LogP contribution in [0.2, 0.25) is 0 Å². The average Bonchev–Trinajstić information content (AvgIpc) is 3.00. The fourth-order valence-corrected chi connectivity index (χ4v) is 2.61. The Morgan fingerprint density at radius 3 is 3.33 bits per heavy atom. The predicted octanol–water partition coefficient (Wildman–Crippen LogP) is 2.16.